The quantitative estimate of drug-likeness (QED) is 0.488. The van der Waals surface area contributed by atoms with Crippen LogP contribution in [0, 0.1) is 0 Å². The maximum atomic E-state index is 2.42. The summed E-state index contributed by atoms with van der Waals surface area (Å²) in [6, 6.07) is 9.50. The molecule has 0 spiro atoms. The van der Waals surface area contributed by atoms with Gasteiger partial charge in [0, 0.05) is 0 Å². The van der Waals surface area contributed by atoms with E-state index in [1.54, 1.807) is 5.19 Å². The Morgan fingerprint density at radius 1 is 0.800 bits per heavy atom. The summed E-state index contributed by atoms with van der Waals surface area (Å²) in [5.74, 6) is 0. The van der Waals surface area contributed by atoms with E-state index < -0.39 is 8.07 Å². The molecular formula is C18H33PSi. The van der Waals surface area contributed by atoms with E-state index in [0.29, 0.717) is 10.3 Å². The fourth-order valence-electron chi connectivity index (χ4n) is 2.77. The lowest BCUT2D eigenvalue weighted by Crippen LogP contribution is -2.37. The third kappa shape index (κ3) is 5.01. The first-order chi connectivity index (χ1) is 8.82. The molecule has 0 saturated carbocycles. The molecule has 114 valence electrons. The summed E-state index contributed by atoms with van der Waals surface area (Å²) in [5.41, 5.74) is 1.52. The number of hydrogen-bond donors (Lipinski definition) is 0. The second-order valence-corrected chi connectivity index (χ2v) is 17.8. The van der Waals surface area contributed by atoms with Crippen LogP contribution in [0.3, 0.4) is 0 Å². The molecule has 0 saturated heterocycles. The molecule has 1 rings (SSSR count). The normalized spacial score (nSPS) is 13.9. The van der Waals surface area contributed by atoms with Gasteiger partial charge in [0.1, 0.15) is 0 Å². The Labute approximate surface area is 129 Å². The minimum Gasteiger partial charge on any atom is -0.0911 e. The molecule has 0 heterocycles. The van der Waals surface area contributed by atoms with Crippen molar-refractivity contribution in [1.82, 2.24) is 0 Å². The van der Waals surface area contributed by atoms with Crippen molar-refractivity contribution in [3.63, 3.8) is 0 Å². The van der Waals surface area contributed by atoms with Gasteiger partial charge >= 0.3 is 0 Å². The van der Waals surface area contributed by atoms with Crippen molar-refractivity contribution >= 4 is 21.2 Å². The summed E-state index contributed by atoms with van der Waals surface area (Å²) in [7, 11) is -1.21. The van der Waals surface area contributed by atoms with Gasteiger partial charge in [-0.2, -0.15) is 0 Å². The molecule has 0 radical (unpaired) electrons. The highest BCUT2D eigenvalue weighted by Gasteiger charge is 2.34. The van der Waals surface area contributed by atoms with Crippen LogP contribution in [0.5, 0.6) is 0 Å². The highest BCUT2D eigenvalue weighted by molar-refractivity contribution is 7.60. The lowest BCUT2D eigenvalue weighted by molar-refractivity contribution is 0.702. The van der Waals surface area contributed by atoms with Crippen LogP contribution >= 0.6 is 7.92 Å². The highest BCUT2D eigenvalue weighted by atomic mass is 31.1. The summed E-state index contributed by atoms with van der Waals surface area (Å²) >= 11 is 0. The largest absolute Gasteiger partial charge is 0.0911 e. The first-order valence-electron chi connectivity index (χ1n) is 7.69. The van der Waals surface area contributed by atoms with Gasteiger partial charge in [-0.3, -0.25) is 0 Å². The second kappa shape index (κ2) is 5.93. The molecular weight excluding hydrogens is 275 g/mol. The van der Waals surface area contributed by atoms with Gasteiger partial charge in [-0.05, 0) is 22.0 Å². The van der Waals surface area contributed by atoms with Gasteiger partial charge in [0.25, 0.3) is 0 Å². The molecule has 0 unspecified atom stereocenters. The number of rotatable bonds is 3. The van der Waals surface area contributed by atoms with Crippen molar-refractivity contribution in [2.24, 2.45) is 0 Å². The zero-order chi connectivity index (χ0) is 15.8. The molecule has 0 aliphatic rings. The van der Waals surface area contributed by atoms with Gasteiger partial charge in [-0.25, -0.2) is 0 Å². The molecule has 0 nitrogen and oxygen atoms in total. The molecule has 0 fully saturated rings. The molecule has 0 N–H and O–H groups in total. The molecule has 0 bridgehead atoms. The minimum atomic E-state index is -1.16. The van der Waals surface area contributed by atoms with Crippen LogP contribution in [0.4, 0.5) is 0 Å². The van der Waals surface area contributed by atoms with E-state index in [2.05, 4.69) is 85.4 Å². The van der Waals surface area contributed by atoms with E-state index in [0.717, 1.165) is 0 Å². The van der Waals surface area contributed by atoms with Gasteiger partial charge in [0.15, 0.2) is 0 Å². The van der Waals surface area contributed by atoms with Crippen molar-refractivity contribution in [3.8, 4) is 0 Å². The van der Waals surface area contributed by atoms with Gasteiger partial charge < -0.3 is 0 Å². The van der Waals surface area contributed by atoms with E-state index in [1.807, 2.05) is 0 Å². The molecule has 0 aliphatic carbocycles. The first-order valence-corrected chi connectivity index (χ1v) is 12.7. The fraction of sp³-hybridized carbons (Fsp3) is 0.667. The Bertz CT molecular complexity index is 412. The van der Waals surface area contributed by atoms with Crippen molar-refractivity contribution in [2.75, 3.05) is 0 Å². The number of hydrogen-bond acceptors (Lipinski definition) is 0. The molecule has 0 amide bonds. The SMILES string of the molecule is CC(C)(C)P(Cc1ccc([Si](C)(C)C)cc1)C(C)(C)C. The Morgan fingerprint density at radius 3 is 1.50 bits per heavy atom. The minimum absolute atomic E-state index is 0.0454. The van der Waals surface area contributed by atoms with Crippen LogP contribution < -0.4 is 5.19 Å². The van der Waals surface area contributed by atoms with Gasteiger partial charge in [-0.15, -0.1) is 0 Å². The van der Waals surface area contributed by atoms with Crippen molar-refractivity contribution in [1.29, 1.82) is 0 Å². The van der Waals surface area contributed by atoms with E-state index in [1.165, 1.54) is 11.7 Å². The molecule has 20 heavy (non-hydrogen) atoms. The van der Waals surface area contributed by atoms with Crippen molar-refractivity contribution in [2.45, 2.75) is 77.7 Å². The number of benzene rings is 1. The monoisotopic (exact) mass is 308 g/mol. The smallest absolute Gasteiger partial charge is 0.0775 e. The third-order valence-electron chi connectivity index (χ3n) is 3.78. The first kappa shape index (κ1) is 17.9. The lowest BCUT2D eigenvalue weighted by Gasteiger charge is -2.41. The van der Waals surface area contributed by atoms with Crippen LogP contribution in [0.15, 0.2) is 24.3 Å². The van der Waals surface area contributed by atoms with Crippen molar-refractivity contribution < 1.29 is 0 Å². The molecule has 0 atom stereocenters. The van der Waals surface area contributed by atoms with Gasteiger partial charge in [0.2, 0.25) is 0 Å². The Kier molecular flexibility index (Phi) is 5.31. The standard InChI is InChI=1S/C18H33PSi/c1-17(2,3)19(18(4,5)6)14-15-10-12-16(13-11-15)20(7,8)9/h10-13H,14H2,1-9H3. The van der Waals surface area contributed by atoms with Crippen LogP contribution in [-0.2, 0) is 6.16 Å². The molecule has 1 aromatic carbocycles. The summed E-state index contributed by atoms with van der Waals surface area (Å²) < 4.78 is 0. The van der Waals surface area contributed by atoms with Gasteiger partial charge in [-0.1, -0.05) is 98.6 Å². The summed E-state index contributed by atoms with van der Waals surface area (Å²) in [6.45, 7) is 21.7. The molecule has 2 heteroatoms. The highest BCUT2D eigenvalue weighted by Crippen LogP contribution is 2.61. The zero-order valence-electron chi connectivity index (χ0n) is 15.0. The average molecular weight is 309 g/mol. The van der Waals surface area contributed by atoms with E-state index in [9.17, 15) is 0 Å². The lowest BCUT2D eigenvalue weighted by atomic mass is 10.2. The van der Waals surface area contributed by atoms with Crippen LogP contribution in [0.1, 0.15) is 47.1 Å². The topological polar surface area (TPSA) is 0 Å². The maximum Gasteiger partial charge on any atom is 0.0775 e. The predicted molar refractivity (Wildman–Crippen MR) is 99.6 cm³/mol. The second-order valence-electron chi connectivity index (χ2n) is 8.87. The van der Waals surface area contributed by atoms with Crippen molar-refractivity contribution in [3.05, 3.63) is 29.8 Å². The molecule has 0 aliphatic heterocycles. The zero-order valence-corrected chi connectivity index (χ0v) is 16.9. The molecule has 1 aromatic rings. The van der Waals surface area contributed by atoms with E-state index in [-0.39, 0.29) is 7.92 Å². The third-order valence-corrected chi connectivity index (χ3v) is 9.77. The van der Waals surface area contributed by atoms with Crippen LogP contribution in [0.2, 0.25) is 19.6 Å². The van der Waals surface area contributed by atoms with E-state index >= 15 is 0 Å². The molecule has 0 aromatic heterocycles. The fourth-order valence-corrected chi connectivity index (χ4v) is 7.48. The summed E-state index contributed by atoms with van der Waals surface area (Å²) in [6.07, 6.45) is 1.24. The van der Waals surface area contributed by atoms with E-state index in [4.69, 9.17) is 0 Å². The maximum absolute atomic E-state index is 2.42. The predicted octanol–water partition coefficient (Wildman–Crippen LogP) is 5.81. The summed E-state index contributed by atoms with van der Waals surface area (Å²) in [4.78, 5) is 0. The Hall–Kier alpha value is -0.133. The van der Waals surface area contributed by atoms with Crippen LogP contribution in [0.25, 0.3) is 0 Å². The average Bonchev–Trinajstić information content (AvgIpc) is 2.22. The Balaban J connectivity index is 2.97. The summed E-state index contributed by atoms with van der Waals surface area (Å²) in [5, 5.41) is 2.38. The van der Waals surface area contributed by atoms with Gasteiger partial charge in [0.05, 0.1) is 8.07 Å². The Morgan fingerprint density at radius 2 is 1.20 bits per heavy atom. The van der Waals surface area contributed by atoms with Crippen LogP contribution in [-0.4, -0.2) is 18.4 Å².